The predicted octanol–water partition coefficient (Wildman–Crippen LogP) is 3.43. The van der Waals surface area contributed by atoms with Crippen LogP contribution in [0.5, 0.6) is 11.5 Å². The highest BCUT2D eigenvalue weighted by atomic mass is 32.2. The number of phenols is 1. The van der Waals surface area contributed by atoms with Gasteiger partial charge in [0.25, 0.3) is 11.6 Å². The topological polar surface area (TPSA) is 149 Å². The number of rotatable bonds is 6. The van der Waals surface area contributed by atoms with E-state index >= 15 is 0 Å². The van der Waals surface area contributed by atoms with E-state index in [-0.39, 0.29) is 33.3 Å². The second-order valence-corrected chi connectivity index (χ2v) is 6.02. The number of thiocyanates is 1. The van der Waals surface area contributed by atoms with Crippen LogP contribution >= 0.6 is 11.8 Å². The largest absolute Gasteiger partial charge is 0.503 e. The van der Waals surface area contributed by atoms with E-state index in [2.05, 4.69) is 5.32 Å². The number of thioether (sulfide) groups is 1. The van der Waals surface area contributed by atoms with Crippen molar-refractivity contribution in [3.05, 3.63) is 57.6 Å². The number of hydrogen-bond donors (Lipinski definition) is 2. The van der Waals surface area contributed by atoms with Gasteiger partial charge in [-0.25, -0.2) is 0 Å². The predicted molar refractivity (Wildman–Crippen MR) is 101 cm³/mol. The monoisotopic (exact) mass is 396 g/mol. The Kier molecular flexibility index (Phi) is 6.58. The molecule has 0 aromatic heterocycles. The zero-order valence-electron chi connectivity index (χ0n) is 14.4. The molecule has 0 saturated heterocycles. The Balaban J connectivity index is 2.35. The zero-order valence-corrected chi connectivity index (χ0v) is 15.2. The Labute approximate surface area is 163 Å². The lowest BCUT2D eigenvalue weighted by Gasteiger charge is -2.09. The van der Waals surface area contributed by atoms with E-state index < -0.39 is 10.8 Å². The van der Waals surface area contributed by atoms with Crippen LogP contribution in [0.3, 0.4) is 0 Å². The first kappa shape index (κ1) is 20.3. The summed E-state index contributed by atoms with van der Waals surface area (Å²) in [5, 5.41) is 43.2. The van der Waals surface area contributed by atoms with Gasteiger partial charge in [-0.3, -0.25) is 14.9 Å². The number of phenolic OH excluding ortho intramolecular Hbond substituents is 1. The summed E-state index contributed by atoms with van der Waals surface area (Å²) in [7, 11) is 1.32. The van der Waals surface area contributed by atoms with Crippen molar-refractivity contribution in [3.8, 4) is 23.0 Å². The second kappa shape index (κ2) is 9.07. The molecule has 10 heteroatoms. The minimum atomic E-state index is -0.774. The van der Waals surface area contributed by atoms with Crippen LogP contribution in [0.4, 0.5) is 11.4 Å². The molecule has 0 spiro atoms. The van der Waals surface area contributed by atoms with E-state index in [1.807, 2.05) is 5.40 Å². The number of amides is 1. The van der Waals surface area contributed by atoms with Crippen molar-refractivity contribution in [3.63, 3.8) is 0 Å². The smallest absolute Gasteiger partial charge is 0.271 e. The molecule has 2 aromatic rings. The van der Waals surface area contributed by atoms with Crippen LogP contribution in [0, 0.1) is 32.1 Å². The fourth-order valence-corrected chi connectivity index (χ4v) is 2.67. The first-order valence-corrected chi connectivity index (χ1v) is 8.35. The Morgan fingerprint density at radius 2 is 2.11 bits per heavy atom. The number of nitrogens with zero attached hydrogens (tertiary/aromatic N) is 3. The fraction of sp³-hybridized carbons (Fsp3) is 0.0556. The normalized spacial score (nSPS) is 10.5. The van der Waals surface area contributed by atoms with Crippen LogP contribution in [0.1, 0.15) is 5.56 Å². The molecule has 2 rings (SSSR count). The lowest BCUT2D eigenvalue weighted by Crippen LogP contribution is -2.13. The average Bonchev–Trinajstić information content (AvgIpc) is 2.68. The molecular formula is C18H12N4O5S. The number of non-ortho nitro benzene ring substituents is 1. The van der Waals surface area contributed by atoms with Gasteiger partial charge in [-0.05, 0) is 41.6 Å². The van der Waals surface area contributed by atoms with Crippen molar-refractivity contribution in [2.24, 2.45) is 0 Å². The quantitative estimate of drug-likeness (QED) is 0.188. The Hall–Kier alpha value is -4.02. The van der Waals surface area contributed by atoms with Crippen LogP contribution in [0.2, 0.25) is 0 Å². The summed E-state index contributed by atoms with van der Waals surface area (Å²) in [6, 6.07) is 9.86. The second-order valence-electron chi connectivity index (χ2n) is 5.19. The van der Waals surface area contributed by atoms with Gasteiger partial charge < -0.3 is 15.2 Å². The van der Waals surface area contributed by atoms with Gasteiger partial charge >= 0.3 is 0 Å². The molecule has 1 amide bonds. The summed E-state index contributed by atoms with van der Waals surface area (Å²) < 4.78 is 5.03. The SMILES string of the molecule is COc1cc(/C=C(/C#N)C(=O)Nc2cccc([N+](=O)[O-])c2)cc(SC#N)c1O. The molecule has 0 radical (unpaired) electrons. The van der Waals surface area contributed by atoms with E-state index in [9.17, 15) is 25.3 Å². The number of nitriles is 2. The highest BCUT2D eigenvalue weighted by Crippen LogP contribution is 2.38. The lowest BCUT2D eigenvalue weighted by atomic mass is 10.1. The molecule has 0 heterocycles. The number of nitro groups is 1. The van der Waals surface area contributed by atoms with E-state index in [1.54, 1.807) is 6.07 Å². The Bertz CT molecular complexity index is 1050. The van der Waals surface area contributed by atoms with Gasteiger partial charge in [0.05, 0.1) is 16.9 Å². The molecule has 0 aliphatic rings. The first-order valence-electron chi connectivity index (χ1n) is 7.54. The summed E-state index contributed by atoms with van der Waals surface area (Å²) >= 11 is 0.695. The van der Waals surface area contributed by atoms with E-state index in [1.165, 1.54) is 43.5 Å². The molecule has 0 saturated carbocycles. The number of ether oxygens (including phenoxy) is 1. The molecular weight excluding hydrogens is 384 g/mol. The third-order valence-corrected chi connectivity index (χ3v) is 4.05. The Morgan fingerprint density at radius 3 is 2.71 bits per heavy atom. The van der Waals surface area contributed by atoms with Crippen molar-refractivity contribution < 1.29 is 19.6 Å². The highest BCUT2D eigenvalue weighted by Gasteiger charge is 2.15. The van der Waals surface area contributed by atoms with Crippen LogP contribution in [-0.4, -0.2) is 23.0 Å². The number of hydrogen-bond acceptors (Lipinski definition) is 8. The number of carbonyl (C=O) groups is 1. The zero-order chi connectivity index (χ0) is 20.7. The number of anilines is 1. The molecule has 9 nitrogen and oxygen atoms in total. The molecule has 0 unspecified atom stereocenters. The first-order chi connectivity index (χ1) is 13.4. The minimum Gasteiger partial charge on any atom is -0.503 e. The summed E-state index contributed by atoms with van der Waals surface area (Å²) in [6.07, 6.45) is 1.25. The average molecular weight is 396 g/mol. The van der Waals surface area contributed by atoms with Crippen molar-refractivity contribution in [1.82, 2.24) is 0 Å². The van der Waals surface area contributed by atoms with Crippen LogP contribution in [-0.2, 0) is 4.79 Å². The maximum absolute atomic E-state index is 12.4. The van der Waals surface area contributed by atoms with Gasteiger partial charge in [0.1, 0.15) is 17.0 Å². The summed E-state index contributed by atoms with van der Waals surface area (Å²) in [4.78, 5) is 22.8. The van der Waals surface area contributed by atoms with E-state index in [0.717, 1.165) is 6.07 Å². The van der Waals surface area contributed by atoms with Crippen LogP contribution in [0.25, 0.3) is 6.08 Å². The lowest BCUT2D eigenvalue weighted by molar-refractivity contribution is -0.384. The molecule has 2 N–H and O–H groups in total. The summed E-state index contributed by atoms with van der Waals surface area (Å²) in [5.74, 6) is -0.932. The maximum atomic E-state index is 12.4. The molecule has 140 valence electrons. The van der Waals surface area contributed by atoms with Gasteiger partial charge in [0.2, 0.25) is 0 Å². The number of aromatic hydroxyl groups is 1. The molecule has 0 bridgehead atoms. The number of nitrogens with one attached hydrogen (secondary N) is 1. The molecule has 2 aromatic carbocycles. The molecule has 0 aliphatic heterocycles. The molecule has 28 heavy (non-hydrogen) atoms. The van der Waals surface area contributed by atoms with E-state index in [4.69, 9.17) is 10.00 Å². The molecule has 0 aliphatic carbocycles. The van der Waals surface area contributed by atoms with Gasteiger partial charge in [0.15, 0.2) is 11.5 Å². The minimum absolute atomic E-state index is 0.0721. The van der Waals surface area contributed by atoms with E-state index in [0.29, 0.717) is 17.3 Å². The third-order valence-electron chi connectivity index (χ3n) is 3.43. The maximum Gasteiger partial charge on any atom is 0.271 e. The molecule has 0 fully saturated rings. The van der Waals surface area contributed by atoms with Gasteiger partial charge in [0, 0.05) is 17.8 Å². The summed E-state index contributed by atoms with van der Waals surface area (Å²) in [6.45, 7) is 0. The third kappa shape index (κ3) is 4.78. The van der Waals surface area contributed by atoms with Crippen LogP contribution < -0.4 is 10.1 Å². The summed E-state index contributed by atoms with van der Waals surface area (Å²) in [5.41, 5.74) is 0.0105. The van der Waals surface area contributed by atoms with Gasteiger partial charge in [-0.2, -0.15) is 10.5 Å². The van der Waals surface area contributed by atoms with Gasteiger partial charge in [-0.1, -0.05) is 6.07 Å². The van der Waals surface area contributed by atoms with Gasteiger partial charge in [-0.15, -0.1) is 0 Å². The number of methoxy groups -OCH3 is 1. The standard InChI is InChI=1S/C18H12N4O5S/c1-27-15-6-11(7-16(17(15)23)28-10-20)5-12(9-19)18(24)21-13-3-2-4-14(8-13)22(25)26/h2-8,23H,1H3,(H,21,24)/b12-5-. The number of benzene rings is 2. The van der Waals surface area contributed by atoms with Crippen molar-refractivity contribution in [1.29, 1.82) is 10.5 Å². The van der Waals surface area contributed by atoms with Crippen molar-refractivity contribution in [2.45, 2.75) is 4.90 Å². The Morgan fingerprint density at radius 1 is 1.36 bits per heavy atom. The van der Waals surface area contributed by atoms with Crippen LogP contribution in [0.15, 0.2) is 46.9 Å². The number of nitro benzene ring substituents is 1. The fourth-order valence-electron chi connectivity index (χ4n) is 2.18. The number of carbonyl (C=O) groups excluding carboxylic acids is 1. The molecule has 0 atom stereocenters. The van der Waals surface area contributed by atoms with Crippen molar-refractivity contribution in [2.75, 3.05) is 12.4 Å². The highest BCUT2D eigenvalue weighted by molar-refractivity contribution is 8.03. The van der Waals surface area contributed by atoms with Crippen molar-refractivity contribution >= 4 is 35.1 Å².